The minimum Gasteiger partial charge on any atom is -0.392 e. The van der Waals surface area contributed by atoms with E-state index in [4.69, 9.17) is 5.73 Å². The molecule has 72 valence electrons. The molecule has 0 saturated carbocycles. The third-order valence-electron chi connectivity index (χ3n) is 2.15. The molecule has 0 radical (unpaired) electrons. The first-order valence-electron chi connectivity index (χ1n) is 4.52. The summed E-state index contributed by atoms with van der Waals surface area (Å²) in [7, 11) is 0. The van der Waals surface area contributed by atoms with Gasteiger partial charge >= 0.3 is 0 Å². The highest BCUT2D eigenvalue weighted by Crippen LogP contribution is 2.18. The van der Waals surface area contributed by atoms with Crippen molar-refractivity contribution in [2.24, 2.45) is 5.73 Å². The molecule has 1 aromatic rings. The van der Waals surface area contributed by atoms with Crippen LogP contribution in [0.25, 0.3) is 0 Å². The van der Waals surface area contributed by atoms with Gasteiger partial charge in [0.2, 0.25) is 0 Å². The number of pyridine rings is 1. The highest BCUT2D eigenvalue weighted by Gasteiger charge is 2.10. The first-order chi connectivity index (χ1) is 6.24. The predicted molar refractivity (Wildman–Crippen MR) is 52.3 cm³/mol. The first-order valence-corrected chi connectivity index (χ1v) is 4.52. The maximum atomic E-state index is 9.34. The summed E-state index contributed by atoms with van der Waals surface area (Å²) >= 11 is 0. The lowest BCUT2D eigenvalue weighted by Crippen LogP contribution is -2.21. The summed E-state index contributed by atoms with van der Waals surface area (Å²) < 4.78 is 0. The predicted octanol–water partition coefficient (Wildman–Crippen LogP) is 0.895. The maximum Gasteiger partial charge on any atom is 0.0668 e. The van der Waals surface area contributed by atoms with E-state index in [1.165, 1.54) is 0 Å². The molecule has 0 aliphatic heterocycles. The monoisotopic (exact) mass is 180 g/mol. The first kappa shape index (κ1) is 10.2. The van der Waals surface area contributed by atoms with Crippen molar-refractivity contribution >= 4 is 0 Å². The van der Waals surface area contributed by atoms with Crippen LogP contribution in [-0.2, 0) is 0 Å². The van der Waals surface area contributed by atoms with Crippen LogP contribution in [-0.4, -0.2) is 22.7 Å². The van der Waals surface area contributed by atoms with Crippen LogP contribution in [0.4, 0.5) is 0 Å². The van der Waals surface area contributed by atoms with Gasteiger partial charge < -0.3 is 10.8 Å². The molecule has 0 fully saturated rings. The number of aromatic nitrogens is 1. The summed E-state index contributed by atoms with van der Waals surface area (Å²) in [6.07, 6.45) is 3.86. The van der Waals surface area contributed by atoms with E-state index in [0.717, 1.165) is 5.56 Å². The molecule has 0 aliphatic carbocycles. The zero-order chi connectivity index (χ0) is 9.68. The second kappa shape index (κ2) is 4.94. The van der Waals surface area contributed by atoms with E-state index in [2.05, 4.69) is 11.9 Å². The number of nitrogens with zero attached hydrogens (tertiary/aromatic N) is 1. The summed E-state index contributed by atoms with van der Waals surface area (Å²) in [6.45, 7) is 2.39. The van der Waals surface area contributed by atoms with E-state index in [1.54, 1.807) is 6.20 Å². The number of aliphatic hydroxyl groups is 1. The van der Waals surface area contributed by atoms with E-state index in [1.807, 2.05) is 18.3 Å². The molecule has 0 spiro atoms. The van der Waals surface area contributed by atoms with Gasteiger partial charge in [-0.15, -0.1) is 0 Å². The van der Waals surface area contributed by atoms with Crippen molar-refractivity contribution in [3.05, 3.63) is 30.1 Å². The van der Waals surface area contributed by atoms with Crippen molar-refractivity contribution in [2.75, 3.05) is 6.54 Å². The molecule has 2 unspecified atom stereocenters. The van der Waals surface area contributed by atoms with Gasteiger partial charge in [-0.05, 0) is 24.0 Å². The maximum absolute atomic E-state index is 9.34. The van der Waals surface area contributed by atoms with Gasteiger partial charge in [-0.25, -0.2) is 0 Å². The topological polar surface area (TPSA) is 59.1 Å². The van der Waals surface area contributed by atoms with Gasteiger partial charge in [-0.1, -0.05) is 13.0 Å². The van der Waals surface area contributed by atoms with Gasteiger partial charge in [-0.3, -0.25) is 4.98 Å². The van der Waals surface area contributed by atoms with Crippen molar-refractivity contribution in [3.8, 4) is 0 Å². The van der Waals surface area contributed by atoms with Crippen LogP contribution in [0.15, 0.2) is 24.5 Å². The number of hydrogen-bond acceptors (Lipinski definition) is 3. The number of nitrogens with two attached hydrogens (primary N) is 1. The molecule has 0 bridgehead atoms. The fourth-order valence-corrected chi connectivity index (χ4v) is 1.31. The Morgan fingerprint density at radius 2 is 2.38 bits per heavy atom. The smallest absolute Gasteiger partial charge is 0.0668 e. The zero-order valence-electron chi connectivity index (χ0n) is 7.85. The number of rotatable bonds is 4. The molecule has 1 heterocycles. The summed E-state index contributed by atoms with van der Waals surface area (Å²) in [5.74, 6) is 0.312. The van der Waals surface area contributed by atoms with Gasteiger partial charge in [0, 0.05) is 18.9 Å². The summed E-state index contributed by atoms with van der Waals surface area (Å²) in [4.78, 5) is 4.03. The lowest BCUT2D eigenvalue weighted by molar-refractivity contribution is 0.165. The summed E-state index contributed by atoms with van der Waals surface area (Å²) in [5, 5.41) is 9.34. The second-order valence-corrected chi connectivity index (χ2v) is 3.31. The van der Waals surface area contributed by atoms with E-state index in [9.17, 15) is 5.11 Å². The van der Waals surface area contributed by atoms with Gasteiger partial charge in [0.15, 0.2) is 0 Å². The Morgan fingerprint density at radius 1 is 1.62 bits per heavy atom. The highest BCUT2D eigenvalue weighted by molar-refractivity contribution is 5.13. The third kappa shape index (κ3) is 3.13. The van der Waals surface area contributed by atoms with Crippen molar-refractivity contribution in [3.63, 3.8) is 0 Å². The highest BCUT2D eigenvalue weighted by atomic mass is 16.3. The number of hydrogen-bond donors (Lipinski definition) is 2. The lowest BCUT2D eigenvalue weighted by atomic mass is 9.96. The van der Waals surface area contributed by atoms with Crippen LogP contribution in [0.1, 0.15) is 24.8 Å². The molecule has 0 aliphatic rings. The minimum atomic E-state index is -0.407. The van der Waals surface area contributed by atoms with Crippen LogP contribution in [0.2, 0.25) is 0 Å². The van der Waals surface area contributed by atoms with E-state index >= 15 is 0 Å². The SMILES string of the molecule is CC(CC(O)CN)c1cccnc1. The average Bonchev–Trinajstić information content (AvgIpc) is 2.19. The van der Waals surface area contributed by atoms with Crippen LogP contribution < -0.4 is 5.73 Å². The van der Waals surface area contributed by atoms with E-state index in [0.29, 0.717) is 18.9 Å². The Kier molecular flexibility index (Phi) is 3.86. The fraction of sp³-hybridized carbons (Fsp3) is 0.500. The average molecular weight is 180 g/mol. The van der Waals surface area contributed by atoms with Gasteiger partial charge in [0.25, 0.3) is 0 Å². The van der Waals surface area contributed by atoms with Crippen LogP contribution in [0.3, 0.4) is 0 Å². The number of aliphatic hydroxyl groups excluding tert-OH is 1. The molecule has 3 N–H and O–H groups in total. The van der Waals surface area contributed by atoms with E-state index < -0.39 is 6.10 Å². The molecule has 1 aromatic heterocycles. The normalized spacial score (nSPS) is 15.3. The molecule has 1 rings (SSSR count). The lowest BCUT2D eigenvalue weighted by Gasteiger charge is -2.14. The zero-order valence-corrected chi connectivity index (χ0v) is 7.85. The molecular formula is C10H16N2O. The second-order valence-electron chi connectivity index (χ2n) is 3.31. The van der Waals surface area contributed by atoms with Crippen LogP contribution in [0.5, 0.6) is 0 Å². The largest absolute Gasteiger partial charge is 0.392 e. The summed E-state index contributed by atoms with van der Waals surface area (Å²) in [5.41, 5.74) is 6.48. The Balaban J connectivity index is 2.53. The van der Waals surface area contributed by atoms with Gasteiger partial charge in [0.1, 0.15) is 0 Å². The third-order valence-corrected chi connectivity index (χ3v) is 2.15. The van der Waals surface area contributed by atoms with Gasteiger partial charge in [-0.2, -0.15) is 0 Å². The molecule has 3 nitrogen and oxygen atoms in total. The van der Waals surface area contributed by atoms with E-state index in [-0.39, 0.29) is 0 Å². The molecule has 0 aromatic carbocycles. The van der Waals surface area contributed by atoms with Crippen LogP contribution in [0, 0.1) is 0 Å². The Bertz CT molecular complexity index is 238. The minimum absolute atomic E-state index is 0.312. The standard InChI is InChI=1S/C10H16N2O/c1-8(5-10(13)6-11)9-3-2-4-12-7-9/h2-4,7-8,10,13H,5-6,11H2,1H3. The van der Waals surface area contributed by atoms with Crippen LogP contribution >= 0.6 is 0 Å². The van der Waals surface area contributed by atoms with Crippen molar-refractivity contribution < 1.29 is 5.11 Å². The van der Waals surface area contributed by atoms with Crippen molar-refractivity contribution in [1.82, 2.24) is 4.98 Å². The molecule has 2 atom stereocenters. The molecule has 13 heavy (non-hydrogen) atoms. The fourth-order valence-electron chi connectivity index (χ4n) is 1.31. The molecule has 0 saturated heterocycles. The molecule has 0 amide bonds. The Morgan fingerprint density at radius 3 is 2.92 bits per heavy atom. The van der Waals surface area contributed by atoms with Crippen molar-refractivity contribution in [2.45, 2.75) is 25.4 Å². The quantitative estimate of drug-likeness (QED) is 0.723. The van der Waals surface area contributed by atoms with Gasteiger partial charge in [0.05, 0.1) is 6.10 Å². The molecule has 3 heteroatoms. The van der Waals surface area contributed by atoms with Crippen molar-refractivity contribution in [1.29, 1.82) is 0 Å². The summed E-state index contributed by atoms with van der Waals surface area (Å²) in [6, 6.07) is 3.92. The molecular weight excluding hydrogens is 164 g/mol. The Labute approximate surface area is 78.6 Å². The Hall–Kier alpha value is -0.930.